The van der Waals surface area contributed by atoms with Crippen molar-refractivity contribution in [1.29, 1.82) is 0 Å². The summed E-state index contributed by atoms with van der Waals surface area (Å²) in [5.41, 5.74) is -0.186. The first-order valence-electron chi connectivity index (χ1n) is 11.3. The predicted molar refractivity (Wildman–Crippen MR) is 149 cm³/mol. The molecule has 1 fully saturated rings. The fourth-order valence-electron chi connectivity index (χ4n) is 2.65. The van der Waals surface area contributed by atoms with E-state index >= 15 is 0 Å². The van der Waals surface area contributed by atoms with E-state index in [1.165, 1.54) is 58.4 Å². The SMILES string of the molecule is C.C1CCOC1.COc1cc(O)c(F)cc1Cl.COc1ccc(F)c(B(O)O)c1.COc1ccc(F)c(O)c1.OO. The van der Waals surface area contributed by atoms with E-state index in [2.05, 4.69) is 0 Å². The summed E-state index contributed by atoms with van der Waals surface area (Å²) in [6.45, 7) is 2.00. The number of rotatable bonds is 4. The molecule has 4 rings (SSSR count). The van der Waals surface area contributed by atoms with Crippen LogP contribution >= 0.6 is 11.6 Å². The molecule has 0 aromatic heterocycles. The zero-order valence-corrected chi connectivity index (χ0v) is 22.6. The molecule has 0 radical (unpaired) electrons. The lowest BCUT2D eigenvalue weighted by Gasteiger charge is -2.04. The Bertz CT molecular complexity index is 1130. The van der Waals surface area contributed by atoms with Crippen LogP contribution in [0.4, 0.5) is 13.2 Å². The van der Waals surface area contributed by atoms with E-state index in [1.807, 2.05) is 0 Å². The third kappa shape index (κ3) is 15.3. The first kappa shape index (κ1) is 39.7. The minimum absolute atomic E-state index is 0. The highest BCUT2D eigenvalue weighted by atomic mass is 35.5. The molecule has 0 amide bonds. The maximum atomic E-state index is 12.8. The topological polar surface area (TPSA) is 158 Å². The second-order valence-electron chi connectivity index (χ2n) is 7.34. The molecule has 6 N–H and O–H groups in total. The van der Waals surface area contributed by atoms with Gasteiger partial charge in [-0.3, -0.25) is 10.5 Å². The third-order valence-corrected chi connectivity index (χ3v) is 4.98. The fourth-order valence-corrected chi connectivity index (χ4v) is 2.88. The molecule has 1 aliphatic heterocycles. The van der Waals surface area contributed by atoms with E-state index in [0.29, 0.717) is 11.5 Å². The molecular weight excluding hydrogens is 576 g/mol. The van der Waals surface area contributed by atoms with Gasteiger partial charge in [-0.2, -0.15) is 0 Å². The van der Waals surface area contributed by atoms with E-state index in [1.54, 1.807) is 0 Å². The average molecular weight is 611 g/mol. The van der Waals surface area contributed by atoms with Crippen LogP contribution in [0.2, 0.25) is 5.02 Å². The van der Waals surface area contributed by atoms with Gasteiger partial charge in [0.05, 0.1) is 26.4 Å². The summed E-state index contributed by atoms with van der Waals surface area (Å²) < 4.78 is 56.8. The molecule has 230 valence electrons. The second kappa shape index (κ2) is 22.3. The third-order valence-electron chi connectivity index (χ3n) is 4.68. The van der Waals surface area contributed by atoms with Crippen LogP contribution in [-0.4, -0.2) is 72.4 Å². The van der Waals surface area contributed by atoms with Gasteiger partial charge in [0, 0.05) is 36.9 Å². The van der Waals surface area contributed by atoms with Crippen LogP contribution in [0.5, 0.6) is 28.7 Å². The van der Waals surface area contributed by atoms with E-state index in [0.717, 1.165) is 37.5 Å². The number of hydrogen-bond acceptors (Lipinski definition) is 10. The Morgan fingerprint density at radius 1 is 0.732 bits per heavy atom. The minimum atomic E-state index is -1.81. The lowest BCUT2D eigenvalue weighted by atomic mass is 9.80. The van der Waals surface area contributed by atoms with E-state index in [-0.39, 0.29) is 29.4 Å². The lowest BCUT2D eigenvalue weighted by Crippen LogP contribution is -2.32. The molecule has 1 heterocycles. The van der Waals surface area contributed by atoms with Gasteiger partial charge in [-0.25, -0.2) is 13.2 Å². The number of hydrogen-bond donors (Lipinski definition) is 6. The van der Waals surface area contributed by atoms with Crippen LogP contribution in [0.15, 0.2) is 48.5 Å². The number of methoxy groups -OCH3 is 3. The second-order valence-corrected chi connectivity index (χ2v) is 7.74. The van der Waals surface area contributed by atoms with Crippen molar-refractivity contribution < 1.29 is 62.9 Å². The van der Waals surface area contributed by atoms with Gasteiger partial charge in [0.2, 0.25) is 0 Å². The van der Waals surface area contributed by atoms with E-state index in [4.69, 9.17) is 61.3 Å². The number of ether oxygens (including phenoxy) is 4. The summed E-state index contributed by atoms with van der Waals surface area (Å²) in [5.74, 6) is -1.82. The zero-order chi connectivity index (χ0) is 30.7. The van der Waals surface area contributed by atoms with Crippen molar-refractivity contribution in [3.8, 4) is 28.7 Å². The summed E-state index contributed by atoms with van der Waals surface area (Å²) >= 11 is 5.53. The maximum Gasteiger partial charge on any atom is 0.491 e. The van der Waals surface area contributed by atoms with Crippen LogP contribution in [0.3, 0.4) is 0 Å². The van der Waals surface area contributed by atoms with Gasteiger partial charge >= 0.3 is 7.12 Å². The number of phenols is 2. The van der Waals surface area contributed by atoms with Crippen molar-refractivity contribution in [2.24, 2.45) is 0 Å². The molecule has 0 spiro atoms. The molecule has 0 unspecified atom stereocenters. The number of aromatic hydroxyl groups is 2. The Morgan fingerprint density at radius 2 is 1.22 bits per heavy atom. The van der Waals surface area contributed by atoms with Crippen molar-refractivity contribution >= 4 is 24.2 Å². The van der Waals surface area contributed by atoms with Gasteiger partial charge in [-0.1, -0.05) is 19.0 Å². The Kier molecular flexibility index (Phi) is 21.6. The van der Waals surface area contributed by atoms with Crippen LogP contribution in [0.25, 0.3) is 0 Å². The Morgan fingerprint density at radius 3 is 1.63 bits per heavy atom. The summed E-state index contributed by atoms with van der Waals surface area (Å²) in [4.78, 5) is 0. The minimum Gasteiger partial charge on any atom is -0.505 e. The van der Waals surface area contributed by atoms with Crippen LogP contribution in [0.1, 0.15) is 20.3 Å². The van der Waals surface area contributed by atoms with Crippen molar-refractivity contribution in [2.75, 3.05) is 34.5 Å². The Balaban J connectivity index is 0. The molecule has 0 atom stereocenters. The largest absolute Gasteiger partial charge is 0.505 e. The van der Waals surface area contributed by atoms with E-state index in [9.17, 15) is 13.2 Å². The lowest BCUT2D eigenvalue weighted by molar-refractivity contribution is -0.176. The molecule has 1 saturated heterocycles. The first-order valence-corrected chi connectivity index (χ1v) is 11.6. The van der Waals surface area contributed by atoms with Crippen LogP contribution in [0, 0.1) is 17.5 Å². The van der Waals surface area contributed by atoms with Crippen molar-refractivity contribution in [3.63, 3.8) is 0 Å². The molecule has 0 saturated carbocycles. The van der Waals surface area contributed by atoms with Crippen LogP contribution in [-0.2, 0) is 4.74 Å². The maximum absolute atomic E-state index is 12.8. The van der Waals surface area contributed by atoms with Crippen molar-refractivity contribution in [1.82, 2.24) is 0 Å². The fraction of sp³-hybridized carbons (Fsp3) is 0.308. The highest BCUT2D eigenvalue weighted by molar-refractivity contribution is 6.58. The molecule has 0 aliphatic carbocycles. The first-order chi connectivity index (χ1) is 19.0. The Labute approximate surface area is 241 Å². The highest BCUT2D eigenvalue weighted by Gasteiger charge is 2.16. The van der Waals surface area contributed by atoms with Crippen molar-refractivity contribution in [2.45, 2.75) is 20.3 Å². The molecule has 3 aromatic rings. The zero-order valence-electron chi connectivity index (χ0n) is 21.9. The molecule has 1 aliphatic rings. The summed E-state index contributed by atoms with van der Waals surface area (Å²) in [7, 11) is 2.45. The van der Waals surface area contributed by atoms with Crippen LogP contribution < -0.4 is 19.7 Å². The van der Waals surface area contributed by atoms with Gasteiger partial charge in [0.1, 0.15) is 23.1 Å². The standard InChI is InChI=1S/C7H8BFO3.C7H6ClFO2.C7H7FO2.C4H8O.CH4.H2O2/c1-12-5-2-3-7(9)6(4-5)8(10)11;1-11-7-3-6(10)5(9)2-4(7)8;1-10-5-2-3-6(8)7(9)4-5;1-2-4-5-3-1;;1-2/h2-4,10-11H,1H3;2-3,10H,1H3;2-4,9H,1H3;1-4H2;1H4;1-2H. The molecule has 41 heavy (non-hydrogen) atoms. The summed E-state index contributed by atoms with van der Waals surface area (Å²) in [5, 5.41) is 47.1. The molecule has 0 bridgehead atoms. The van der Waals surface area contributed by atoms with E-state index < -0.39 is 30.3 Å². The van der Waals surface area contributed by atoms with Gasteiger partial charge in [0.25, 0.3) is 0 Å². The smallest absolute Gasteiger partial charge is 0.491 e. The normalized spacial score (nSPS) is 10.8. The van der Waals surface area contributed by atoms with Gasteiger partial charge in [0.15, 0.2) is 23.1 Å². The quantitative estimate of drug-likeness (QED) is 0.139. The molecular formula is C26H35BClF3O10. The molecule has 3 aromatic carbocycles. The molecule has 10 nitrogen and oxygen atoms in total. The highest BCUT2D eigenvalue weighted by Crippen LogP contribution is 2.30. The summed E-state index contributed by atoms with van der Waals surface area (Å²) in [6, 6.07) is 9.68. The monoisotopic (exact) mass is 610 g/mol. The van der Waals surface area contributed by atoms with Gasteiger partial charge < -0.3 is 39.2 Å². The summed E-state index contributed by atoms with van der Waals surface area (Å²) in [6.07, 6.45) is 2.56. The molecule has 15 heteroatoms. The predicted octanol–water partition coefficient (Wildman–Crippen LogP) is 4.70. The number of phenolic OH excluding ortho intramolecular Hbond substituents is 2. The van der Waals surface area contributed by atoms with Crippen molar-refractivity contribution in [3.05, 3.63) is 71.0 Å². The number of halogens is 4. The van der Waals surface area contributed by atoms with Gasteiger partial charge in [-0.15, -0.1) is 0 Å². The Hall–Kier alpha value is -3.40. The van der Waals surface area contributed by atoms with Gasteiger partial charge in [-0.05, 0) is 43.2 Å². The average Bonchev–Trinajstić information content (AvgIpc) is 3.55. The number of benzene rings is 3.